The number of halogens is 1. The zero-order valence-electron chi connectivity index (χ0n) is 10.6. The van der Waals surface area contributed by atoms with Gasteiger partial charge >= 0.3 is 0 Å². The van der Waals surface area contributed by atoms with Crippen LogP contribution in [0, 0.1) is 0 Å². The van der Waals surface area contributed by atoms with E-state index in [9.17, 15) is 0 Å². The molecule has 17 heavy (non-hydrogen) atoms. The summed E-state index contributed by atoms with van der Waals surface area (Å²) in [4.78, 5) is 0. The molecule has 1 unspecified atom stereocenters. The van der Waals surface area contributed by atoms with Crippen LogP contribution in [0.1, 0.15) is 31.7 Å². The molecular weight excluding hydrogens is 282 g/mol. The van der Waals surface area contributed by atoms with Gasteiger partial charge in [-0.15, -0.1) is 0 Å². The SMILES string of the molecule is CCOc1c(OC)ccc(Br)c1C(C)CCN. The van der Waals surface area contributed by atoms with Gasteiger partial charge in [-0.05, 0) is 37.9 Å². The summed E-state index contributed by atoms with van der Waals surface area (Å²) >= 11 is 3.57. The molecule has 0 radical (unpaired) electrons. The van der Waals surface area contributed by atoms with E-state index in [0.717, 1.165) is 28.0 Å². The lowest BCUT2D eigenvalue weighted by atomic mass is 9.96. The van der Waals surface area contributed by atoms with Gasteiger partial charge in [-0.25, -0.2) is 0 Å². The van der Waals surface area contributed by atoms with Crippen molar-refractivity contribution in [3.8, 4) is 11.5 Å². The number of hydrogen-bond acceptors (Lipinski definition) is 3. The molecule has 4 heteroatoms. The van der Waals surface area contributed by atoms with Crippen molar-refractivity contribution in [2.24, 2.45) is 5.73 Å². The Balaban J connectivity index is 3.22. The summed E-state index contributed by atoms with van der Waals surface area (Å²) < 4.78 is 12.1. The second-order valence-corrected chi connectivity index (χ2v) is 4.76. The van der Waals surface area contributed by atoms with E-state index in [4.69, 9.17) is 15.2 Å². The van der Waals surface area contributed by atoms with Crippen molar-refractivity contribution in [2.45, 2.75) is 26.2 Å². The molecule has 0 aliphatic heterocycles. The topological polar surface area (TPSA) is 44.5 Å². The molecule has 3 nitrogen and oxygen atoms in total. The Labute approximate surface area is 111 Å². The number of benzene rings is 1. The first kappa shape index (κ1) is 14.3. The smallest absolute Gasteiger partial charge is 0.165 e. The molecule has 1 aromatic rings. The zero-order valence-corrected chi connectivity index (χ0v) is 12.2. The standard InChI is InChI=1S/C13H20BrNO2/c1-4-17-13-11(16-3)6-5-10(14)12(13)9(2)7-8-15/h5-6,9H,4,7-8,15H2,1-3H3. The van der Waals surface area contributed by atoms with Crippen LogP contribution in [0.5, 0.6) is 11.5 Å². The van der Waals surface area contributed by atoms with Crippen LogP contribution in [0.4, 0.5) is 0 Å². The summed E-state index contributed by atoms with van der Waals surface area (Å²) in [6.07, 6.45) is 0.922. The van der Waals surface area contributed by atoms with Crippen molar-refractivity contribution in [3.63, 3.8) is 0 Å². The van der Waals surface area contributed by atoms with Crippen LogP contribution in [0.3, 0.4) is 0 Å². The first-order valence-electron chi connectivity index (χ1n) is 5.84. The minimum Gasteiger partial charge on any atom is -0.493 e. The van der Waals surface area contributed by atoms with Gasteiger partial charge in [-0.2, -0.15) is 0 Å². The third kappa shape index (κ3) is 3.36. The van der Waals surface area contributed by atoms with Gasteiger partial charge in [0.15, 0.2) is 11.5 Å². The van der Waals surface area contributed by atoms with E-state index < -0.39 is 0 Å². The van der Waals surface area contributed by atoms with E-state index in [0.29, 0.717) is 19.1 Å². The minimum absolute atomic E-state index is 0.339. The van der Waals surface area contributed by atoms with Gasteiger partial charge in [0, 0.05) is 10.0 Å². The highest BCUT2D eigenvalue weighted by Crippen LogP contribution is 2.41. The van der Waals surface area contributed by atoms with Crippen LogP contribution in [0.25, 0.3) is 0 Å². The van der Waals surface area contributed by atoms with Crippen LogP contribution >= 0.6 is 15.9 Å². The molecule has 1 rings (SSSR count). The normalized spacial score (nSPS) is 12.3. The predicted octanol–water partition coefficient (Wildman–Crippen LogP) is 3.31. The number of nitrogens with two attached hydrogens (primary N) is 1. The average Bonchev–Trinajstić information content (AvgIpc) is 2.30. The van der Waals surface area contributed by atoms with Gasteiger partial charge in [-0.3, -0.25) is 0 Å². The molecule has 0 bridgehead atoms. The lowest BCUT2D eigenvalue weighted by molar-refractivity contribution is 0.305. The summed E-state index contributed by atoms with van der Waals surface area (Å²) in [5.41, 5.74) is 6.76. The summed E-state index contributed by atoms with van der Waals surface area (Å²) in [7, 11) is 1.66. The summed E-state index contributed by atoms with van der Waals surface area (Å²) in [6, 6.07) is 3.90. The van der Waals surface area contributed by atoms with E-state index in [1.54, 1.807) is 7.11 Å². The summed E-state index contributed by atoms with van der Waals surface area (Å²) in [6.45, 7) is 5.40. The van der Waals surface area contributed by atoms with Crippen LogP contribution in [0.2, 0.25) is 0 Å². The van der Waals surface area contributed by atoms with Gasteiger partial charge in [-0.1, -0.05) is 22.9 Å². The Morgan fingerprint density at radius 3 is 2.65 bits per heavy atom. The molecule has 0 aliphatic carbocycles. The molecule has 0 aromatic heterocycles. The first-order valence-corrected chi connectivity index (χ1v) is 6.64. The molecule has 2 N–H and O–H groups in total. The molecule has 1 atom stereocenters. The molecule has 96 valence electrons. The van der Waals surface area contributed by atoms with Gasteiger partial charge in [0.25, 0.3) is 0 Å². The summed E-state index contributed by atoms with van der Waals surface area (Å²) in [5.74, 6) is 1.94. The molecule has 0 aliphatic rings. The number of ether oxygens (including phenoxy) is 2. The molecule has 0 spiro atoms. The van der Waals surface area contributed by atoms with Crippen LogP contribution in [-0.2, 0) is 0 Å². The molecular formula is C13H20BrNO2. The quantitative estimate of drug-likeness (QED) is 0.877. The lowest BCUT2D eigenvalue weighted by Crippen LogP contribution is -2.08. The number of methoxy groups -OCH3 is 1. The molecule has 1 aromatic carbocycles. The maximum atomic E-state index is 5.71. The Hall–Kier alpha value is -0.740. The third-order valence-electron chi connectivity index (χ3n) is 2.71. The Kier molecular flexibility index (Phi) is 5.78. The maximum absolute atomic E-state index is 5.71. The largest absolute Gasteiger partial charge is 0.493 e. The Bertz CT molecular complexity index is 369. The van der Waals surface area contributed by atoms with Gasteiger partial charge < -0.3 is 15.2 Å². The lowest BCUT2D eigenvalue weighted by Gasteiger charge is -2.20. The van der Waals surface area contributed by atoms with E-state index >= 15 is 0 Å². The molecule has 0 heterocycles. The number of rotatable bonds is 6. The van der Waals surface area contributed by atoms with Crippen LogP contribution < -0.4 is 15.2 Å². The van der Waals surface area contributed by atoms with Crippen molar-refractivity contribution in [2.75, 3.05) is 20.3 Å². The highest BCUT2D eigenvalue weighted by Gasteiger charge is 2.19. The van der Waals surface area contributed by atoms with E-state index in [1.807, 2.05) is 19.1 Å². The van der Waals surface area contributed by atoms with E-state index in [-0.39, 0.29) is 0 Å². The van der Waals surface area contributed by atoms with Gasteiger partial charge in [0.2, 0.25) is 0 Å². The van der Waals surface area contributed by atoms with Crippen molar-refractivity contribution in [1.29, 1.82) is 0 Å². The number of hydrogen-bond donors (Lipinski definition) is 1. The average molecular weight is 302 g/mol. The maximum Gasteiger partial charge on any atom is 0.165 e. The van der Waals surface area contributed by atoms with Crippen molar-refractivity contribution >= 4 is 15.9 Å². The van der Waals surface area contributed by atoms with Gasteiger partial charge in [0.05, 0.1) is 13.7 Å². The Morgan fingerprint density at radius 1 is 1.41 bits per heavy atom. The highest BCUT2D eigenvalue weighted by atomic mass is 79.9. The van der Waals surface area contributed by atoms with Crippen molar-refractivity contribution in [3.05, 3.63) is 22.2 Å². The zero-order chi connectivity index (χ0) is 12.8. The third-order valence-corrected chi connectivity index (χ3v) is 3.40. The fourth-order valence-corrected chi connectivity index (χ4v) is 2.57. The Morgan fingerprint density at radius 2 is 2.12 bits per heavy atom. The second kappa shape index (κ2) is 6.87. The molecule has 0 saturated heterocycles. The van der Waals surface area contributed by atoms with E-state index in [2.05, 4.69) is 22.9 Å². The van der Waals surface area contributed by atoms with Crippen molar-refractivity contribution < 1.29 is 9.47 Å². The minimum atomic E-state index is 0.339. The van der Waals surface area contributed by atoms with Crippen LogP contribution in [-0.4, -0.2) is 20.3 Å². The monoisotopic (exact) mass is 301 g/mol. The summed E-state index contributed by atoms with van der Waals surface area (Å²) in [5, 5.41) is 0. The molecule has 0 saturated carbocycles. The van der Waals surface area contributed by atoms with Gasteiger partial charge in [0.1, 0.15) is 0 Å². The fraction of sp³-hybridized carbons (Fsp3) is 0.538. The fourth-order valence-electron chi connectivity index (χ4n) is 1.86. The molecule has 0 fully saturated rings. The predicted molar refractivity (Wildman–Crippen MR) is 73.9 cm³/mol. The second-order valence-electron chi connectivity index (χ2n) is 3.90. The van der Waals surface area contributed by atoms with Crippen LogP contribution in [0.15, 0.2) is 16.6 Å². The highest BCUT2D eigenvalue weighted by molar-refractivity contribution is 9.10. The van der Waals surface area contributed by atoms with E-state index in [1.165, 1.54) is 0 Å². The first-order chi connectivity index (χ1) is 8.15. The van der Waals surface area contributed by atoms with Crippen molar-refractivity contribution in [1.82, 2.24) is 0 Å². The molecule has 0 amide bonds.